The van der Waals surface area contributed by atoms with E-state index in [-0.39, 0.29) is 17.7 Å². The molecule has 0 saturated heterocycles. The van der Waals surface area contributed by atoms with E-state index in [1.807, 2.05) is 51.1 Å². The minimum atomic E-state index is -0.732. The predicted molar refractivity (Wildman–Crippen MR) is 138 cm³/mol. The van der Waals surface area contributed by atoms with Crippen LogP contribution in [0.1, 0.15) is 43.6 Å². The molecule has 4 rings (SSSR count). The molecular weight excluding hydrogens is 459 g/mol. The van der Waals surface area contributed by atoms with Crippen molar-refractivity contribution in [1.29, 1.82) is 5.41 Å². The van der Waals surface area contributed by atoms with Crippen molar-refractivity contribution in [1.82, 2.24) is 4.98 Å². The van der Waals surface area contributed by atoms with Gasteiger partial charge in [-0.3, -0.25) is 5.41 Å². The maximum absolute atomic E-state index is 15.9. The highest BCUT2D eigenvalue weighted by Crippen LogP contribution is 2.37. The first-order valence-electron chi connectivity index (χ1n) is 11.7. The first-order chi connectivity index (χ1) is 17.4. The normalized spacial score (nSPS) is 11.8. The van der Waals surface area contributed by atoms with Crippen molar-refractivity contribution < 1.29 is 18.3 Å². The van der Waals surface area contributed by atoms with Gasteiger partial charge in [0.15, 0.2) is 11.6 Å². The molecule has 7 nitrogen and oxygen atoms in total. The number of aromatic nitrogens is 1. The lowest BCUT2D eigenvalue weighted by Crippen LogP contribution is -2.17. The second-order valence-electron chi connectivity index (χ2n) is 8.44. The van der Waals surface area contributed by atoms with Gasteiger partial charge in [0.2, 0.25) is 5.89 Å². The topological polar surface area (TPSA) is 106 Å². The Balaban J connectivity index is 1.81. The third-order valence-corrected chi connectivity index (χ3v) is 5.37. The zero-order valence-corrected chi connectivity index (χ0v) is 20.4. The summed E-state index contributed by atoms with van der Waals surface area (Å²) in [6.07, 6.45) is 1.28. The van der Waals surface area contributed by atoms with Gasteiger partial charge in [0.25, 0.3) is 0 Å². The Bertz CT molecular complexity index is 1320. The first-order valence-corrected chi connectivity index (χ1v) is 11.7. The molecule has 0 aliphatic rings. The van der Waals surface area contributed by atoms with Crippen LogP contribution in [0.4, 0.5) is 10.1 Å². The van der Waals surface area contributed by atoms with Crippen molar-refractivity contribution in [2.24, 2.45) is 5.73 Å². The van der Waals surface area contributed by atoms with E-state index in [9.17, 15) is 0 Å². The van der Waals surface area contributed by atoms with Gasteiger partial charge in [0.1, 0.15) is 29.6 Å². The molecule has 186 valence electrons. The van der Waals surface area contributed by atoms with E-state index >= 15 is 4.39 Å². The molecule has 0 fully saturated rings. The Hall–Kier alpha value is -4.33. The minimum absolute atomic E-state index is 0.0342. The van der Waals surface area contributed by atoms with E-state index in [1.165, 1.54) is 6.26 Å². The molecule has 0 aliphatic carbocycles. The maximum atomic E-state index is 15.9. The Morgan fingerprint density at radius 1 is 1.11 bits per heavy atom. The summed E-state index contributed by atoms with van der Waals surface area (Å²) in [5.74, 6) is 0.443. The van der Waals surface area contributed by atoms with Crippen molar-refractivity contribution >= 4 is 11.5 Å². The van der Waals surface area contributed by atoms with Crippen molar-refractivity contribution in [3.05, 3.63) is 95.6 Å². The minimum Gasteiger partial charge on any atom is -0.494 e. The number of hydrogen-bond acceptors (Lipinski definition) is 6. The Kier molecular flexibility index (Phi) is 7.53. The van der Waals surface area contributed by atoms with Gasteiger partial charge in [-0.25, -0.2) is 9.37 Å². The smallest absolute Gasteiger partial charge is 0.226 e. The number of nitrogens with zero attached hydrogens (tertiary/aromatic N) is 1. The highest BCUT2D eigenvalue weighted by molar-refractivity contribution is 5.95. The lowest BCUT2D eigenvalue weighted by molar-refractivity contribution is 0.228. The monoisotopic (exact) mass is 488 g/mol. The van der Waals surface area contributed by atoms with Crippen LogP contribution in [0.5, 0.6) is 11.5 Å². The molecule has 3 aromatic carbocycles. The number of nitrogen functional groups attached to an aromatic ring is 1. The summed E-state index contributed by atoms with van der Waals surface area (Å²) < 4.78 is 33.1. The van der Waals surface area contributed by atoms with Gasteiger partial charge in [-0.2, -0.15) is 0 Å². The highest BCUT2D eigenvalue weighted by Gasteiger charge is 2.26. The van der Waals surface area contributed by atoms with E-state index in [0.717, 1.165) is 5.56 Å². The third-order valence-electron chi connectivity index (χ3n) is 5.37. The van der Waals surface area contributed by atoms with Crippen LogP contribution in [-0.4, -0.2) is 23.5 Å². The van der Waals surface area contributed by atoms with Crippen molar-refractivity contribution in [2.45, 2.75) is 32.9 Å². The lowest BCUT2D eigenvalue weighted by Gasteiger charge is -2.22. The van der Waals surface area contributed by atoms with Crippen LogP contribution >= 0.6 is 0 Å². The third kappa shape index (κ3) is 5.66. The zero-order chi connectivity index (χ0) is 25.7. The Labute approximate surface area is 209 Å². The van der Waals surface area contributed by atoms with E-state index in [2.05, 4.69) is 10.3 Å². The van der Waals surface area contributed by atoms with Crippen LogP contribution in [0, 0.1) is 11.2 Å². The molecule has 1 aromatic heterocycles. The molecule has 1 atom stereocenters. The Morgan fingerprint density at radius 3 is 2.47 bits per heavy atom. The molecule has 0 bridgehead atoms. The number of hydrogen-bond donors (Lipinski definition) is 3. The summed E-state index contributed by atoms with van der Waals surface area (Å²) in [6, 6.07) is 18.9. The molecule has 8 heteroatoms. The van der Waals surface area contributed by atoms with Crippen LogP contribution in [0.15, 0.2) is 77.4 Å². The fraction of sp³-hybridized carbons (Fsp3) is 0.214. The average molecular weight is 489 g/mol. The number of anilines is 1. The molecule has 0 radical (unpaired) electrons. The summed E-state index contributed by atoms with van der Waals surface area (Å²) >= 11 is 0. The molecule has 4 aromatic rings. The molecule has 0 aliphatic heterocycles. The number of oxazole rings is 1. The second-order valence-corrected chi connectivity index (χ2v) is 8.44. The fourth-order valence-electron chi connectivity index (χ4n) is 3.75. The summed E-state index contributed by atoms with van der Waals surface area (Å²) in [7, 11) is 0. The van der Waals surface area contributed by atoms with Crippen LogP contribution in [0.2, 0.25) is 0 Å². The summed E-state index contributed by atoms with van der Waals surface area (Å²) in [5, 5.41) is 11.0. The second kappa shape index (κ2) is 10.9. The van der Waals surface area contributed by atoms with Gasteiger partial charge < -0.3 is 24.9 Å². The first kappa shape index (κ1) is 24.8. The molecule has 36 heavy (non-hydrogen) atoms. The van der Waals surface area contributed by atoms with E-state index in [0.29, 0.717) is 40.8 Å². The molecule has 0 spiro atoms. The highest BCUT2D eigenvalue weighted by atomic mass is 19.1. The van der Waals surface area contributed by atoms with E-state index in [4.69, 9.17) is 25.0 Å². The van der Waals surface area contributed by atoms with Crippen LogP contribution < -0.4 is 20.5 Å². The summed E-state index contributed by atoms with van der Waals surface area (Å²) in [4.78, 5) is 4.67. The number of halogens is 1. The fourth-order valence-corrected chi connectivity index (χ4v) is 3.75. The van der Waals surface area contributed by atoms with Gasteiger partial charge in [0.05, 0.1) is 12.7 Å². The molecule has 4 N–H and O–H groups in total. The molecule has 0 amide bonds. The SMILES string of the molecule is CCOc1cc(OC(C)C)c(F)c(C(Nc2ccc(C(=N)N)cc2)c2coc(-c3ccccc3)n2)c1. The van der Waals surface area contributed by atoms with Crippen LogP contribution in [0.25, 0.3) is 11.5 Å². The average Bonchev–Trinajstić information content (AvgIpc) is 3.35. The maximum Gasteiger partial charge on any atom is 0.226 e. The molecule has 1 unspecified atom stereocenters. The standard InChI is InChI=1S/C28H29FN4O3/c1-4-34-21-14-22(25(29)24(15-21)36-17(2)3)26(32-20-12-10-18(11-13-20)27(30)31)23-16-35-28(33-23)19-8-6-5-7-9-19/h5-17,26,32H,4H2,1-3H3,(H3,30,31). The van der Waals surface area contributed by atoms with Gasteiger partial charge in [-0.1, -0.05) is 18.2 Å². The predicted octanol–water partition coefficient (Wildman–Crippen LogP) is 6.15. The molecular formula is C28H29FN4O3. The van der Waals surface area contributed by atoms with Gasteiger partial charge in [0, 0.05) is 28.4 Å². The Morgan fingerprint density at radius 2 is 1.83 bits per heavy atom. The number of benzene rings is 3. The van der Waals surface area contributed by atoms with Gasteiger partial charge in [-0.15, -0.1) is 0 Å². The van der Waals surface area contributed by atoms with E-state index in [1.54, 1.807) is 36.4 Å². The molecule has 0 saturated carbocycles. The van der Waals surface area contributed by atoms with Crippen molar-refractivity contribution in [3.63, 3.8) is 0 Å². The number of amidine groups is 1. The number of nitrogens with one attached hydrogen (secondary N) is 2. The summed E-state index contributed by atoms with van der Waals surface area (Å²) in [5.41, 5.74) is 8.43. The molecule has 1 heterocycles. The quantitative estimate of drug-likeness (QED) is 0.183. The lowest BCUT2D eigenvalue weighted by atomic mass is 10.0. The number of rotatable bonds is 10. The number of nitrogens with two attached hydrogens (primary N) is 1. The van der Waals surface area contributed by atoms with E-state index < -0.39 is 11.9 Å². The zero-order valence-electron chi connectivity index (χ0n) is 20.4. The van der Waals surface area contributed by atoms with Crippen molar-refractivity contribution in [3.8, 4) is 23.0 Å². The number of ether oxygens (including phenoxy) is 2. The van der Waals surface area contributed by atoms with Gasteiger partial charge >= 0.3 is 0 Å². The van der Waals surface area contributed by atoms with Crippen LogP contribution in [-0.2, 0) is 0 Å². The van der Waals surface area contributed by atoms with Crippen LogP contribution in [0.3, 0.4) is 0 Å². The van der Waals surface area contributed by atoms with Crippen molar-refractivity contribution in [2.75, 3.05) is 11.9 Å². The largest absolute Gasteiger partial charge is 0.494 e. The van der Waals surface area contributed by atoms with Gasteiger partial charge in [-0.05, 0) is 63.2 Å². The summed E-state index contributed by atoms with van der Waals surface area (Å²) in [6.45, 7) is 5.95.